The molecule has 4 heteroatoms. The number of halogens is 1. The van der Waals surface area contributed by atoms with E-state index in [0.717, 1.165) is 41.7 Å². The van der Waals surface area contributed by atoms with Gasteiger partial charge in [0.05, 0.1) is 11.2 Å². The lowest BCUT2D eigenvalue weighted by Crippen LogP contribution is -2.25. The molecule has 0 saturated carbocycles. The van der Waals surface area contributed by atoms with Crippen LogP contribution in [-0.4, -0.2) is 11.5 Å². The van der Waals surface area contributed by atoms with Gasteiger partial charge in [-0.2, -0.15) is 0 Å². The first-order chi connectivity index (χ1) is 7.75. The first kappa shape index (κ1) is 9.54. The van der Waals surface area contributed by atoms with E-state index in [2.05, 4.69) is 10.3 Å². The van der Waals surface area contributed by atoms with Gasteiger partial charge < -0.3 is 11.1 Å². The van der Waals surface area contributed by atoms with Gasteiger partial charge in [-0.1, -0.05) is 0 Å². The van der Waals surface area contributed by atoms with Crippen molar-refractivity contribution in [1.29, 1.82) is 0 Å². The van der Waals surface area contributed by atoms with Gasteiger partial charge >= 0.3 is 0 Å². The van der Waals surface area contributed by atoms with Crippen molar-refractivity contribution in [3.8, 4) is 0 Å². The van der Waals surface area contributed by atoms with E-state index in [0.29, 0.717) is 5.69 Å². The molecule has 0 amide bonds. The number of hydrogen-bond acceptors (Lipinski definition) is 3. The van der Waals surface area contributed by atoms with Gasteiger partial charge in [-0.15, -0.1) is 0 Å². The Balaban J connectivity index is 2.35. The highest BCUT2D eigenvalue weighted by Crippen LogP contribution is 2.28. The van der Waals surface area contributed by atoms with Crippen molar-refractivity contribution in [3.05, 3.63) is 35.3 Å². The molecule has 3 nitrogen and oxygen atoms in total. The second-order valence-corrected chi connectivity index (χ2v) is 4.04. The maximum absolute atomic E-state index is 13.2. The molecule has 3 rings (SSSR count). The van der Waals surface area contributed by atoms with Crippen molar-refractivity contribution in [2.24, 2.45) is 0 Å². The number of nitrogens with two attached hydrogens (primary N) is 1. The van der Waals surface area contributed by atoms with E-state index in [1.807, 2.05) is 0 Å². The molecule has 1 aromatic carbocycles. The lowest BCUT2D eigenvalue weighted by Gasteiger charge is -2.19. The van der Waals surface area contributed by atoms with Crippen LogP contribution in [0.4, 0.5) is 10.1 Å². The largest absolute Gasteiger partial charge is 0.398 e. The summed E-state index contributed by atoms with van der Waals surface area (Å²) in [5, 5.41) is 3.97. The topological polar surface area (TPSA) is 50.9 Å². The predicted molar refractivity (Wildman–Crippen MR) is 61.5 cm³/mol. The minimum atomic E-state index is -0.269. The van der Waals surface area contributed by atoms with E-state index in [1.54, 1.807) is 6.07 Å². The molecular formula is C12H12FN3. The minimum Gasteiger partial charge on any atom is -0.398 e. The second kappa shape index (κ2) is 3.42. The third-order valence-corrected chi connectivity index (χ3v) is 3.02. The van der Waals surface area contributed by atoms with Gasteiger partial charge in [0.2, 0.25) is 0 Å². The molecule has 82 valence electrons. The zero-order valence-corrected chi connectivity index (χ0v) is 8.76. The second-order valence-electron chi connectivity index (χ2n) is 4.04. The van der Waals surface area contributed by atoms with Crippen LogP contribution in [0, 0.1) is 5.82 Å². The molecule has 1 aliphatic rings. The summed E-state index contributed by atoms with van der Waals surface area (Å²) in [7, 11) is 0. The zero-order valence-electron chi connectivity index (χ0n) is 8.76. The molecular weight excluding hydrogens is 205 g/mol. The Kier molecular flexibility index (Phi) is 2.04. The Morgan fingerprint density at radius 1 is 1.38 bits per heavy atom. The van der Waals surface area contributed by atoms with Crippen molar-refractivity contribution >= 4 is 16.6 Å². The van der Waals surface area contributed by atoms with Crippen molar-refractivity contribution in [1.82, 2.24) is 10.3 Å². The molecule has 0 spiro atoms. The number of nitrogen functional groups attached to an aromatic ring is 1. The van der Waals surface area contributed by atoms with Gasteiger partial charge in [0.25, 0.3) is 0 Å². The van der Waals surface area contributed by atoms with Gasteiger partial charge in [0, 0.05) is 17.6 Å². The Hall–Kier alpha value is -1.68. The number of rotatable bonds is 0. The first-order valence-corrected chi connectivity index (χ1v) is 5.33. The summed E-state index contributed by atoms with van der Waals surface area (Å²) in [5.74, 6) is -0.269. The van der Waals surface area contributed by atoms with Crippen molar-refractivity contribution < 1.29 is 4.39 Å². The number of anilines is 1. The number of fused-ring (bicyclic) bond motifs is 2. The Labute approximate surface area is 92.5 Å². The summed E-state index contributed by atoms with van der Waals surface area (Å²) in [6.07, 6.45) is 0.862. The molecule has 1 aromatic heterocycles. The fraction of sp³-hybridized carbons (Fsp3) is 0.250. The van der Waals surface area contributed by atoms with Crippen molar-refractivity contribution in [3.63, 3.8) is 0 Å². The van der Waals surface area contributed by atoms with Crippen LogP contribution in [0.3, 0.4) is 0 Å². The third kappa shape index (κ3) is 1.34. The third-order valence-electron chi connectivity index (χ3n) is 3.02. The minimum absolute atomic E-state index is 0.269. The Bertz CT molecular complexity index is 566. The molecule has 2 aromatic rings. The van der Waals surface area contributed by atoms with E-state index in [1.165, 1.54) is 12.1 Å². The van der Waals surface area contributed by atoms with Gasteiger partial charge in [0.1, 0.15) is 5.82 Å². The quantitative estimate of drug-likeness (QED) is 0.704. The van der Waals surface area contributed by atoms with Crippen LogP contribution < -0.4 is 11.1 Å². The lowest BCUT2D eigenvalue weighted by molar-refractivity contribution is 0.626. The van der Waals surface area contributed by atoms with Crippen LogP contribution in [0.2, 0.25) is 0 Å². The van der Waals surface area contributed by atoms with Gasteiger partial charge in [-0.3, -0.25) is 4.98 Å². The zero-order chi connectivity index (χ0) is 11.1. The highest BCUT2D eigenvalue weighted by Gasteiger charge is 2.16. The van der Waals surface area contributed by atoms with Crippen LogP contribution in [0.25, 0.3) is 10.9 Å². The average Bonchev–Trinajstić information content (AvgIpc) is 2.31. The number of pyridine rings is 1. The van der Waals surface area contributed by atoms with E-state index < -0.39 is 0 Å². The van der Waals surface area contributed by atoms with Crippen LogP contribution in [0.1, 0.15) is 11.3 Å². The molecule has 0 aliphatic carbocycles. The fourth-order valence-corrected chi connectivity index (χ4v) is 2.20. The summed E-state index contributed by atoms with van der Waals surface area (Å²) in [6, 6.07) is 4.55. The normalized spacial score (nSPS) is 15.1. The molecule has 0 bridgehead atoms. The molecule has 3 N–H and O–H groups in total. The maximum atomic E-state index is 13.2. The molecule has 0 saturated heterocycles. The summed E-state index contributed by atoms with van der Waals surface area (Å²) < 4.78 is 13.2. The first-order valence-electron chi connectivity index (χ1n) is 5.33. The van der Waals surface area contributed by atoms with Crippen LogP contribution in [0.5, 0.6) is 0 Å². The van der Waals surface area contributed by atoms with E-state index in [9.17, 15) is 4.39 Å². The lowest BCUT2D eigenvalue weighted by atomic mass is 10.0. The number of nitrogens with zero attached hydrogens (tertiary/aromatic N) is 1. The Morgan fingerprint density at radius 3 is 3.12 bits per heavy atom. The molecule has 0 unspecified atom stereocenters. The average molecular weight is 217 g/mol. The maximum Gasteiger partial charge on any atom is 0.124 e. The van der Waals surface area contributed by atoms with Gasteiger partial charge in [0.15, 0.2) is 0 Å². The molecule has 1 aliphatic heterocycles. The van der Waals surface area contributed by atoms with Gasteiger partial charge in [-0.25, -0.2) is 4.39 Å². The predicted octanol–water partition coefficient (Wildman–Crippen LogP) is 1.60. The molecule has 16 heavy (non-hydrogen) atoms. The summed E-state index contributed by atoms with van der Waals surface area (Å²) in [4.78, 5) is 4.51. The fourth-order valence-electron chi connectivity index (χ4n) is 2.20. The van der Waals surface area contributed by atoms with E-state index in [4.69, 9.17) is 5.73 Å². The van der Waals surface area contributed by atoms with Crippen LogP contribution in [0.15, 0.2) is 18.2 Å². The molecule has 0 fully saturated rings. The smallest absolute Gasteiger partial charge is 0.124 e. The standard InChI is InChI=1S/C12H12FN3/c13-7-1-2-10-9(5-7)12(14)8-3-4-15-6-11(8)16-10/h1-2,5,15H,3-4,6H2,(H2,14,16). The molecule has 0 atom stereocenters. The SMILES string of the molecule is Nc1c2c(nc3ccc(F)cc13)CNCC2. The number of nitrogens with one attached hydrogen (secondary N) is 1. The van der Waals surface area contributed by atoms with Gasteiger partial charge in [-0.05, 0) is 36.7 Å². The van der Waals surface area contributed by atoms with E-state index in [-0.39, 0.29) is 5.82 Å². The molecule has 2 heterocycles. The number of hydrogen-bond donors (Lipinski definition) is 2. The highest BCUT2D eigenvalue weighted by molar-refractivity contribution is 5.92. The van der Waals surface area contributed by atoms with Crippen LogP contribution in [-0.2, 0) is 13.0 Å². The van der Waals surface area contributed by atoms with Crippen LogP contribution >= 0.6 is 0 Å². The summed E-state index contributed by atoms with van der Waals surface area (Å²) >= 11 is 0. The Morgan fingerprint density at radius 2 is 2.25 bits per heavy atom. The number of benzene rings is 1. The van der Waals surface area contributed by atoms with Crippen molar-refractivity contribution in [2.45, 2.75) is 13.0 Å². The van der Waals surface area contributed by atoms with E-state index >= 15 is 0 Å². The number of aromatic nitrogens is 1. The van der Waals surface area contributed by atoms with Crippen molar-refractivity contribution in [2.75, 3.05) is 12.3 Å². The molecule has 0 radical (unpaired) electrons. The highest BCUT2D eigenvalue weighted by atomic mass is 19.1. The summed E-state index contributed by atoms with van der Waals surface area (Å²) in [6.45, 7) is 1.65. The summed E-state index contributed by atoms with van der Waals surface area (Å²) in [5.41, 5.74) is 9.58. The monoisotopic (exact) mass is 217 g/mol.